The molecule has 9 heteroatoms. The second kappa shape index (κ2) is 8.84. The molecule has 0 aromatic heterocycles. The summed E-state index contributed by atoms with van der Waals surface area (Å²) >= 11 is 3.95. The monoisotopic (exact) mass is 355 g/mol. The summed E-state index contributed by atoms with van der Waals surface area (Å²) in [5.74, 6) is -14.0. The number of hydrogen-bond donors (Lipinski definition) is 1. The molecule has 0 rings (SSSR count). The molecule has 0 aliphatic heterocycles. The minimum Gasteiger partial charge on any atom is -0.351 e. The largest absolute Gasteiger partial charge is 0.395 e. The first-order valence-electron chi connectivity index (χ1n) is 7.09. The van der Waals surface area contributed by atoms with Crippen LogP contribution >= 0.6 is 11.6 Å². The summed E-state index contributed by atoms with van der Waals surface area (Å²) in [6.45, 7) is 1.77. The second-order valence-corrected chi connectivity index (χ2v) is 5.50. The van der Waals surface area contributed by atoms with Crippen molar-refractivity contribution in [2.45, 2.75) is 69.1 Å². The maximum Gasteiger partial charge on any atom is 0.395 e. The summed E-state index contributed by atoms with van der Waals surface area (Å²) in [6.07, 6.45) is 5.90. The average Bonchev–Trinajstić information content (AvgIpc) is 2.39. The lowest BCUT2D eigenvalue weighted by Crippen LogP contribution is -2.59. The van der Waals surface area contributed by atoms with E-state index in [9.17, 15) is 31.1 Å². The first kappa shape index (κ1) is 21.3. The first-order chi connectivity index (χ1) is 9.98. The van der Waals surface area contributed by atoms with E-state index < -0.39 is 23.1 Å². The van der Waals surface area contributed by atoms with Gasteiger partial charge in [-0.25, -0.2) is 0 Å². The van der Waals surface area contributed by atoms with E-state index in [1.165, 1.54) is 0 Å². The smallest absolute Gasteiger partial charge is 0.351 e. The molecule has 1 amide bonds. The van der Waals surface area contributed by atoms with Crippen molar-refractivity contribution >= 4 is 17.5 Å². The Labute approximate surface area is 130 Å². The van der Waals surface area contributed by atoms with Crippen LogP contribution in [0.5, 0.6) is 0 Å². The summed E-state index contributed by atoms with van der Waals surface area (Å²) < 4.78 is 76.4. The third kappa shape index (κ3) is 5.85. The Morgan fingerprint density at radius 1 is 0.909 bits per heavy atom. The van der Waals surface area contributed by atoms with Crippen LogP contribution in [0.15, 0.2) is 0 Å². The minimum absolute atomic E-state index is 0.286. The molecule has 0 bridgehead atoms. The molecule has 1 N–H and O–H groups in total. The molecule has 0 heterocycles. The number of carbonyl (C=O) groups is 1. The van der Waals surface area contributed by atoms with E-state index in [0.29, 0.717) is 12.8 Å². The molecule has 0 aromatic rings. The van der Waals surface area contributed by atoms with Gasteiger partial charge in [0.1, 0.15) is 0 Å². The van der Waals surface area contributed by atoms with Crippen molar-refractivity contribution in [3.63, 3.8) is 0 Å². The Morgan fingerprint density at radius 2 is 1.36 bits per heavy atom. The maximum absolute atomic E-state index is 13.1. The molecule has 0 aliphatic rings. The standard InChI is InChI=1S/C13H20ClF6NO/c1-2-3-4-5-6-7-8-9-21-10(22)11(15,16)12(17,18)13(14,19)20/h2-9H2,1H3,(H,21,22). The molecule has 0 saturated heterocycles. The highest BCUT2D eigenvalue weighted by molar-refractivity contribution is 6.22. The molecule has 0 aliphatic carbocycles. The van der Waals surface area contributed by atoms with Crippen LogP contribution in [0.1, 0.15) is 51.9 Å². The number of halogens is 7. The lowest BCUT2D eigenvalue weighted by molar-refractivity contribution is -0.269. The third-order valence-corrected chi connectivity index (χ3v) is 3.34. The van der Waals surface area contributed by atoms with Crippen molar-refractivity contribution < 1.29 is 31.1 Å². The lowest BCUT2D eigenvalue weighted by atomic mass is 10.1. The highest BCUT2D eigenvalue weighted by atomic mass is 35.5. The Balaban J connectivity index is 4.16. The number of amides is 1. The Bertz CT molecular complexity index is 346. The predicted molar refractivity (Wildman–Crippen MR) is 71.7 cm³/mol. The molecular weight excluding hydrogens is 336 g/mol. The van der Waals surface area contributed by atoms with Crippen molar-refractivity contribution in [3.8, 4) is 0 Å². The summed E-state index contributed by atoms with van der Waals surface area (Å²) in [5.41, 5.74) is 0. The van der Waals surface area contributed by atoms with Crippen molar-refractivity contribution in [1.29, 1.82) is 0 Å². The van der Waals surface area contributed by atoms with Crippen LogP contribution < -0.4 is 5.32 Å². The van der Waals surface area contributed by atoms with E-state index >= 15 is 0 Å². The Kier molecular flexibility index (Phi) is 8.57. The zero-order valence-corrected chi connectivity index (χ0v) is 13.0. The van der Waals surface area contributed by atoms with E-state index in [1.54, 1.807) is 5.32 Å². The molecule has 0 aromatic carbocycles. The molecule has 0 radical (unpaired) electrons. The van der Waals surface area contributed by atoms with E-state index in [1.807, 2.05) is 0 Å². The molecule has 0 spiro atoms. The number of unbranched alkanes of at least 4 members (excludes halogenated alkanes) is 6. The van der Waals surface area contributed by atoms with E-state index in [-0.39, 0.29) is 6.54 Å². The fourth-order valence-electron chi connectivity index (χ4n) is 1.72. The van der Waals surface area contributed by atoms with Gasteiger partial charge < -0.3 is 5.32 Å². The van der Waals surface area contributed by atoms with Gasteiger partial charge in [0.2, 0.25) is 0 Å². The van der Waals surface area contributed by atoms with Gasteiger partial charge in [0.15, 0.2) is 0 Å². The summed E-state index contributed by atoms with van der Waals surface area (Å²) in [4.78, 5) is 11.0. The first-order valence-corrected chi connectivity index (χ1v) is 7.47. The van der Waals surface area contributed by atoms with Gasteiger partial charge in [-0.1, -0.05) is 45.4 Å². The van der Waals surface area contributed by atoms with Crippen LogP contribution in [0.2, 0.25) is 0 Å². The van der Waals surface area contributed by atoms with E-state index in [4.69, 9.17) is 0 Å². The van der Waals surface area contributed by atoms with E-state index in [2.05, 4.69) is 18.5 Å². The summed E-state index contributed by atoms with van der Waals surface area (Å²) in [5, 5.41) is -3.98. The highest BCUT2D eigenvalue weighted by Crippen LogP contribution is 2.47. The molecular formula is C13H20ClF6NO. The van der Waals surface area contributed by atoms with Crippen LogP contribution in [-0.2, 0) is 4.79 Å². The molecule has 2 nitrogen and oxygen atoms in total. The molecule has 0 unspecified atom stereocenters. The molecule has 22 heavy (non-hydrogen) atoms. The van der Waals surface area contributed by atoms with Gasteiger partial charge in [0, 0.05) is 6.54 Å². The third-order valence-electron chi connectivity index (χ3n) is 3.10. The van der Waals surface area contributed by atoms with Crippen LogP contribution in [0.4, 0.5) is 26.3 Å². The van der Waals surface area contributed by atoms with Gasteiger partial charge in [-0.3, -0.25) is 4.79 Å². The van der Waals surface area contributed by atoms with Crippen molar-refractivity contribution in [2.24, 2.45) is 0 Å². The normalized spacial score (nSPS) is 13.3. The summed E-state index contributed by atoms with van der Waals surface area (Å²) in [7, 11) is 0. The van der Waals surface area contributed by atoms with Gasteiger partial charge in [-0.15, -0.1) is 0 Å². The molecule has 132 valence electrons. The second-order valence-electron chi connectivity index (χ2n) is 5.02. The number of carbonyl (C=O) groups excluding carboxylic acids is 1. The lowest BCUT2D eigenvalue weighted by Gasteiger charge is -2.28. The SMILES string of the molecule is CCCCCCCCCNC(=O)C(F)(F)C(F)(F)C(F)(F)Cl. The fourth-order valence-corrected chi connectivity index (χ4v) is 1.83. The topological polar surface area (TPSA) is 29.1 Å². The predicted octanol–water partition coefficient (Wildman–Crippen LogP) is 4.96. The van der Waals surface area contributed by atoms with Crippen molar-refractivity contribution in [1.82, 2.24) is 5.32 Å². The van der Waals surface area contributed by atoms with E-state index in [0.717, 1.165) is 32.1 Å². The number of alkyl halides is 7. The van der Waals surface area contributed by atoms with Gasteiger partial charge in [-0.05, 0) is 18.0 Å². The number of nitrogens with one attached hydrogen (secondary N) is 1. The number of rotatable bonds is 11. The molecule has 0 atom stereocenters. The quantitative estimate of drug-likeness (QED) is 0.317. The minimum atomic E-state index is -5.97. The van der Waals surface area contributed by atoms with Crippen molar-refractivity contribution in [3.05, 3.63) is 0 Å². The fraction of sp³-hybridized carbons (Fsp3) is 0.923. The average molecular weight is 356 g/mol. The Hall–Kier alpha value is -0.660. The van der Waals surface area contributed by atoms with Crippen LogP contribution in [0.3, 0.4) is 0 Å². The molecule has 0 saturated carbocycles. The van der Waals surface area contributed by atoms with Crippen molar-refractivity contribution in [2.75, 3.05) is 6.54 Å². The number of hydrogen-bond acceptors (Lipinski definition) is 1. The van der Waals surface area contributed by atoms with Crippen LogP contribution in [0.25, 0.3) is 0 Å². The van der Waals surface area contributed by atoms with Crippen LogP contribution in [0, 0.1) is 0 Å². The summed E-state index contributed by atoms with van der Waals surface area (Å²) in [6, 6.07) is 0. The maximum atomic E-state index is 13.1. The van der Waals surface area contributed by atoms with Crippen LogP contribution in [-0.4, -0.2) is 29.7 Å². The van der Waals surface area contributed by atoms with Gasteiger partial charge in [-0.2, -0.15) is 26.3 Å². The van der Waals surface area contributed by atoms with Gasteiger partial charge in [0.25, 0.3) is 5.91 Å². The zero-order chi connectivity index (χ0) is 17.4. The highest BCUT2D eigenvalue weighted by Gasteiger charge is 2.74. The van der Waals surface area contributed by atoms with Gasteiger partial charge >= 0.3 is 17.2 Å². The van der Waals surface area contributed by atoms with Gasteiger partial charge in [0.05, 0.1) is 0 Å². The molecule has 0 fully saturated rings. The zero-order valence-electron chi connectivity index (χ0n) is 12.2. The Morgan fingerprint density at radius 3 is 1.82 bits per heavy atom.